The fourth-order valence-electron chi connectivity index (χ4n) is 3.91. The molecule has 0 aromatic carbocycles. The second kappa shape index (κ2) is 10.8. The lowest BCUT2D eigenvalue weighted by Gasteiger charge is -2.47. The van der Waals surface area contributed by atoms with Gasteiger partial charge in [-0.3, -0.25) is 0 Å². The number of aliphatic hydroxyl groups is 9. The molecule has 0 bridgehead atoms. The molecule has 3 fully saturated rings. The summed E-state index contributed by atoms with van der Waals surface area (Å²) in [4.78, 5) is 0. The van der Waals surface area contributed by atoms with Gasteiger partial charge in [0, 0.05) is 6.42 Å². The Hall–Kier alpha value is -0.560. The first kappa shape index (κ1) is 26.1. The van der Waals surface area contributed by atoms with Crippen LogP contribution < -0.4 is 0 Å². The molecule has 14 nitrogen and oxygen atoms in total. The molecule has 0 unspecified atom stereocenters. The third-order valence-corrected chi connectivity index (χ3v) is 5.94. The molecule has 0 saturated carbocycles. The molecule has 3 aliphatic heterocycles. The molecule has 3 heterocycles. The van der Waals surface area contributed by atoms with Crippen LogP contribution in [0.15, 0.2) is 0 Å². The highest BCUT2D eigenvalue weighted by Crippen LogP contribution is 2.32. The molecule has 0 aromatic heterocycles. The SMILES string of the molecule is C[C@H]1O[C@H](O[C@H]2[C@H](O)[C@@H](CO)O[C@H](O)[C@H]2O[C@@H]2O[C@H](CO)[C@H](O)[C@H](O)[C@H]2O)[C@@H](O)C[C@@H]1O. The zero-order valence-electron chi connectivity index (χ0n) is 17.3. The van der Waals surface area contributed by atoms with Crippen LogP contribution in [0.25, 0.3) is 0 Å². The molecule has 188 valence electrons. The van der Waals surface area contributed by atoms with Crippen LogP contribution in [-0.2, 0) is 23.7 Å². The molecular formula is C18H32O14. The van der Waals surface area contributed by atoms with Gasteiger partial charge in [0.2, 0.25) is 0 Å². The Morgan fingerprint density at radius 1 is 0.656 bits per heavy atom. The summed E-state index contributed by atoms with van der Waals surface area (Å²) < 4.78 is 27.0. The van der Waals surface area contributed by atoms with E-state index in [9.17, 15) is 46.0 Å². The highest BCUT2D eigenvalue weighted by molar-refractivity contribution is 4.95. The first-order valence-corrected chi connectivity index (χ1v) is 10.3. The fraction of sp³-hybridized carbons (Fsp3) is 1.00. The van der Waals surface area contributed by atoms with E-state index in [1.807, 2.05) is 0 Å². The van der Waals surface area contributed by atoms with Gasteiger partial charge in [-0.25, -0.2) is 0 Å². The first-order valence-electron chi connectivity index (χ1n) is 10.3. The smallest absolute Gasteiger partial charge is 0.187 e. The molecule has 14 heteroatoms. The van der Waals surface area contributed by atoms with E-state index < -0.39 is 99.2 Å². The molecule has 0 aliphatic carbocycles. The lowest BCUT2D eigenvalue weighted by Crippen LogP contribution is -2.65. The first-order chi connectivity index (χ1) is 15.1. The standard InChI is InChI=1S/C18H32O14/c1-5-6(21)2-7(22)17(28-5)31-14-11(24)9(4-20)29-16(27)15(14)32-18-13(26)12(25)10(23)8(3-19)30-18/h5-27H,2-4H2,1H3/t5-,6+,7+,8-,9-,10+,11-,12+,13-,14+,15+,16+,17-,18+/m1/s1. The summed E-state index contributed by atoms with van der Waals surface area (Å²) >= 11 is 0. The van der Waals surface area contributed by atoms with Gasteiger partial charge in [-0.2, -0.15) is 0 Å². The van der Waals surface area contributed by atoms with Gasteiger partial charge in [0.25, 0.3) is 0 Å². The molecule has 3 rings (SSSR count). The Bertz CT molecular complexity index is 594. The second-order valence-corrected chi connectivity index (χ2v) is 8.22. The van der Waals surface area contributed by atoms with E-state index in [2.05, 4.69) is 0 Å². The average Bonchev–Trinajstić information content (AvgIpc) is 2.76. The topological polar surface area (TPSA) is 228 Å². The Morgan fingerprint density at radius 3 is 1.88 bits per heavy atom. The minimum absolute atomic E-state index is 0.0879. The van der Waals surface area contributed by atoms with E-state index in [4.69, 9.17) is 23.7 Å². The van der Waals surface area contributed by atoms with Gasteiger partial charge in [-0.1, -0.05) is 0 Å². The van der Waals surface area contributed by atoms with Gasteiger partial charge in [0.15, 0.2) is 18.9 Å². The third-order valence-electron chi connectivity index (χ3n) is 5.94. The fourth-order valence-corrected chi connectivity index (χ4v) is 3.91. The van der Waals surface area contributed by atoms with Crippen molar-refractivity contribution in [3.8, 4) is 0 Å². The quantitative estimate of drug-likeness (QED) is 0.176. The molecule has 3 aliphatic rings. The van der Waals surface area contributed by atoms with Gasteiger partial charge < -0.3 is 69.6 Å². The Morgan fingerprint density at radius 2 is 1.25 bits per heavy atom. The van der Waals surface area contributed by atoms with Crippen molar-refractivity contribution in [1.29, 1.82) is 0 Å². The predicted molar refractivity (Wildman–Crippen MR) is 98.5 cm³/mol. The van der Waals surface area contributed by atoms with E-state index in [-0.39, 0.29) is 6.42 Å². The molecule has 0 spiro atoms. The summed E-state index contributed by atoms with van der Waals surface area (Å²) in [5, 5.41) is 89.9. The molecule has 9 N–H and O–H groups in total. The Kier molecular flexibility index (Phi) is 8.79. The van der Waals surface area contributed by atoms with Gasteiger partial charge >= 0.3 is 0 Å². The van der Waals surface area contributed by atoms with Crippen molar-refractivity contribution in [2.24, 2.45) is 0 Å². The van der Waals surface area contributed by atoms with Crippen LogP contribution in [0.5, 0.6) is 0 Å². The van der Waals surface area contributed by atoms with E-state index >= 15 is 0 Å². The normalized spacial score (nSPS) is 52.7. The average molecular weight is 472 g/mol. The third kappa shape index (κ3) is 5.24. The Labute approximate surface area is 183 Å². The summed E-state index contributed by atoms with van der Waals surface area (Å²) in [6.45, 7) is 0.126. The van der Waals surface area contributed by atoms with Crippen molar-refractivity contribution in [1.82, 2.24) is 0 Å². The number of aliphatic hydroxyl groups excluding tert-OH is 9. The number of hydrogen-bond acceptors (Lipinski definition) is 14. The minimum atomic E-state index is -1.82. The monoisotopic (exact) mass is 472 g/mol. The lowest BCUT2D eigenvalue weighted by atomic mass is 9.96. The molecule has 0 radical (unpaired) electrons. The van der Waals surface area contributed by atoms with Crippen molar-refractivity contribution < 1.29 is 69.6 Å². The van der Waals surface area contributed by atoms with Gasteiger partial charge in [-0.15, -0.1) is 0 Å². The van der Waals surface area contributed by atoms with Crippen LogP contribution in [0, 0.1) is 0 Å². The van der Waals surface area contributed by atoms with Crippen LogP contribution in [0.2, 0.25) is 0 Å². The predicted octanol–water partition coefficient (Wildman–Crippen LogP) is -5.52. The summed E-state index contributed by atoms with van der Waals surface area (Å²) in [6.07, 6.45) is -20.4. The van der Waals surface area contributed by atoms with Gasteiger partial charge in [0.1, 0.15) is 54.9 Å². The molecule has 14 atom stereocenters. The highest BCUT2D eigenvalue weighted by atomic mass is 16.8. The summed E-state index contributed by atoms with van der Waals surface area (Å²) in [5.74, 6) is 0. The maximum Gasteiger partial charge on any atom is 0.187 e. The molecule has 0 aromatic rings. The molecule has 3 saturated heterocycles. The van der Waals surface area contributed by atoms with E-state index in [1.165, 1.54) is 0 Å². The van der Waals surface area contributed by atoms with Crippen molar-refractivity contribution in [2.45, 2.75) is 99.4 Å². The molecular weight excluding hydrogens is 440 g/mol. The summed E-state index contributed by atoms with van der Waals surface area (Å²) in [6, 6.07) is 0. The number of rotatable bonds is 6. The van der Waals surface area contributed by atoms with Crippen molar-refractivity contribution in [2.75, 3.05) is 13.2 Å². The Balaban J connectivity index is 1.79. The van der Waals surface area contributed by atoms with Crippen LogP contribution in [-0.4, -0.2) is 145 Å². The van der Waals surface area contributed by atoms with Crippen LogP contribution in [0.3, 0.4) is 0 Å². The zero-order chi connectivity index (χ0) is 23.7. The van der Waals surface area contributed by atoms with Crippen molar-refractivity contribution in [3.63, 3.8) is 0 Å². The largest absolute Gasteiger partial charge is 0.394 e. The van der Waals surface area contributed by atoms with Gasteiger partial charge in [-0.05, 0) is 6.92 Å². The van der Waals surface area contributed by atoms with Crippen molar-refractivity contribution >= 4 is 0 Å². The van der Waals surface area contributed by atoms with E-state index in [1.54, 1.807) is 6.92 Å². The van der Waals surface area contributed by atoms with Crippen LogP contribution in [0.1, 0.15) is 13.3 Å². The second-order valence-electron chi connectivity index (χ2n) is 8.22. The summed E-state index contributed by atoms with van der Waals surface area (Å²) in [7, 11) is 0. The zero-order valence-corrected chi connectivity index (χ0v) is 17.3. The van der Waals surface area contributed by atoms with E-state index in [0.29, 0.717) is 0 Å². The summed E-state index contributed by atoms with van der Waals surface area (Å²) in [5.41, 5.74) is 0. The number of hydrogen-bond donors (Lipinski definition) is 9. The highest BCUT2D eigenvalue weighted by Gasteiger charge is 2.52. The van der Waals surface area contributed by atoms with Crippen molar-refractivity contribution in [3.05, 3.63) is 0 Å². The maximum absolute atomic E-state index is 10.6. The molecule has 0 amide bonds. The van der Waals surface area contributed by atoms with Crippen LogP contribution >= 0.6 is 0 Å². The minimum Gasteiger partial charge on any atom is -0.394 e. The van der Waals surface area contributed by atoms with Gasteiger partial charge in [0.05, 0.1) is 25.4 Å². The van der Waals surface area contributed by atoms with Crippen LogP contribution in [0.4, 0.5) is 0 Å². The maximum atomic E-state index is 10.6. The van der Waals surface area contributed by atoms with E-state index in [0.717, 1.165) is 0 Å². The lowest BCUT2D eigenvalue weighted by molar-refractivity contribution is -0.382. The molecule has 32 heavy (non-hydrogen) atoms. The number of ether oxygens (including phenoxy) is 5.